The van der Waals surface area contributed by atoms with Crippen LogP contribution in [0, 0.1) is 0 Å². The number of hydrogen-bond donors (Lipinski definition) is 3. The van der Waals surface area contributed by atoms with Crippen LogP contribution in [0.5, 0.6) is 11.5 Å². The monoisotopic (exact) mass is 334 g/mol. The van der Waals surface area contributed by atoms with E-state index in [1.165, 1.54) is 0 Å². The van der Waals surface area contributed by atoms with Crippen LogP contribution < -0.4 is 25.4 Å². The van der Waals surface area contributed by atoms with Gasteiger partial charge in [0.1, 0.15) is 0 Å². The lowest BCUT2D eigenvalue weighted by molar-refractivity contribution is -0.139. The van der Waals surface area contributed by atoms with Gasteiger partial charge in [-0.3, -0.25) is 14.5 Å². The topological polar surface area (TPSA) is 91.9 Å². The molecule has 2 aliphatic heterocycles. The second kappa shape index (κ2) is 7.98. The van der Waals surface area contributed by atoms with E-state index in [0.717, 1.165) is 38.3 Å². The Morgan fingerprint density at radius 2 is 1.83 bits per heavy atom. The molecular weight excluding hydrogens is 312 g/mol. The Kier molecular flexibility index (Phi) is 5.50. The van der Waals surface area contributed by atoms with Crippen molar-refractivity contribution in [3.63, 3.8) is 0 Å². The summed E-state index contributed by atoms with van der Waals surface area (Å²) in [5, 5.41) is 8.53. The van der Waals surface area contributed by atoms with Crippen LogP contribution in [0.4, 0.5) is 0 Å². The predicted octanol–water partition coefficient (Wildman–Crippen LogP) is -0.947. The summed E-state index contributed by atoms with van der Waals surface area (Å²) in [5.74, 6) is 0.108. The van der Waals surface area contributed by atoms with Crippen LogP contribution in [0.15, 0.2) is 18.2 Å². The Hall–Kier alpha value is -2.32. The van der Waals surface area contributed by atoms with Gasteiger partial charge in [-0.05, 0) is 17.7 Å². The average molecular weight is 334 g/mol. The molecule has 24 heavy (non-hydrogen) atoms. The highest BCUT2D eigenvalue weighted by Crippen LogP contribution is 2.32. The zero-order chi connectivity index (χ0) is 16.8. The van der Waals surface area contributed by atoms with E-state index >= 15 is 0 Å². The number of amides is 2. The van der Waals surface area contributed by atoms with Crippen molar-refractivity contribution >= 4 is 11.8 Å². The van der Waals surface area contributed by atoms with E-state index in [2.05, 4.69) is 20.9 Å². The fourth-order valence-corrected chi connectivity index (χ4v) is 2.66. The number of nitrogens with one attached hydrogen (secondary N) is 3. The van der Waals surface area contributed by atoms with E-state index in [0.29, 0.717) is 18.0 Å². The highest BCUT2D eigenvalue weighted by molar-refractivity contribution is 6.35. The van der Waals surface area contributed by atoms with Gasteiger partial charge < -0.3 is 25.4 Å². The molecule has 2 heterocycles. The van der Waals surface area contributed by atoms with Gasteiger partial charge in [0.05, 0.1) is 0 Å². The Morgan fingerprint density at radius 3 is 2.67 bits per heavy atom. The molecule has 3 N–H and O–H groups in total. The van der Waals surface area contributed by atoms with Crippen LogP contribution in [0.25, 0.3) is 0 Å². The van der Waals surface area contributed by atoms with Gasteiger partial charge in [-0.1, -0.05) is 6.07 Å². The van der Waals surface area contributed by atoms with Crippen LogP contribution in [-0.2, 0) is 16.1 Å². The molecule has 130 valence electrons. The zero-order valence-electron chi connectivity index (χ0n) is 13.5. The highest BCUT2D eigenvalue weighted by Gasteiger charge is 2.16. The standard InChI is InChI=1S/C16H22N4O4/c21-15(18-5-8-20-6-3-17-4-7-20)16(22)19-10-12-1-2-13-14(9-12)24-11-23-13/h1-2,9,17H,3-8,10-11H2,(H,18,21)(H,19,22). The molecule has 8 heteroatoms. The molecule has 0 bridgehead atoms. The molecule has 0 aliphatic carbocycles. The molecule has 0 atom stereocenters. The van der Waals surface area contributed by atoms with Crippen LogP contribution in [0.2, 0.25) is 0 Å². The summed E-state index contributed by atoms with van der Waals surface area (Å²) < 4.78 is 10.5. The first kappa shape index (κ1) is 16.5. The van der Waals surface area contributed by atoms with Crippen molar-refractivity contribution < 1.29 is 19.1 Å². The quantitative estimate of drug-likeness (QED) is 0.602. The average Bonchev–Trinajstić information content (AvgIpc) is 3.08. The summed E-state index contributed by atoms with van der Waals surface area (Å²) in [6.45, 7) is 5.55. The number of carbonyl (C=O) groups excluding carboxylic acids is 2. The first-order valence-electron chi connectivity index (χ1n) is 8.10. The predicted molar refractivity (Wildman–Crippen MR) is 86.7 cm³/mol. The number of piperazine rings is 1. The third-order valence-electron chi connectivity index (χ3n) is 4.02. The number of benzene rings is 1. The Morgan fingerprint density at radius 1 is 1.08 bits per heavy atom. The van der Waals surface area contributed by atoms with Crippen molar-refractivity contribution in [2.75, 3.05) is 46.1 Å². The molecule has 1 saturated heterocycles. The zero-order valence-corrected chi connectivity index (χ0v) is 13.5. The number of ether oxygens (including phenoxy) is 2. The van der Waals surface area contributed by atoms with Gasteiger partial charge >= 0.3 is 11.8 Å². The normalized spacial score (nSPS) is 16.7. The summed E-state index contributed by atoms with van der Waals surface area (Å²) in [6, 6.07) is 5.42. The van der Waals surface area contributed by atoms with E-state index in [-0.39, 0.29) is 13.3 Å². The Bertz CT molecular complexity index is 602. The number of rotatable bonds is 5. The molecule has 0 spiro atoms. The Balaban J connectivity index is 1.37. The van der Waals surface area contributed by atoms with Crippen LogP contribution in [-0.4, -0.2) is 62.8 Å². The van der Waals surface area contributed by atoms with Gasteiger partial charge in [-0.25, -0.2) is 0 Å². The molecule has 1 aromatic carbocycles. The number of nitrogens with zero attached hydrogens (tertiary/aromatic N) is 1. The van der Waals surface area contributed by atoms with Crippen LogP contribution in [0.3, 0.4) is 0 Å². The number of carbonyl (C=O) groups is 2. The lowest BCUT2D eigenvalue weighted by atomic mass is 10.2. The summed E-state index contributed by atoms with van der Waals surface area (Å²) in [4.78, 5) is 25.9. The molecule has 0 aromatic heterocycles. The first-order valence-corrected chi connectivity index (χ1v) is 8.10. The Labute approximate surface area is 140 Å². The van der Waals surface area contributed by atoms with Crippen molar-refractivity contribution in [2.24, 2.45) is 0 Å². The minimum absolute atomic E-state index is 0.209. The molecule has 3 rings (SSSR count). The fraction of sp³-hybridized carbons (Fsp3) is 0.500. The summed E-state index contributed by atoms with van der Waals surface area (Å²) in [5.41, 5.74) is 0.848. The molecule has 1 fully saturated rings. The van der Waals surface area contributed by atoms with E-state index < -0.39 is 11.8 Å². The minimum atomic E-state index is -0.632. The lowest BCUT2D eigenvalue weighted by Gasteiger charge is -2.26. The molecule has 2 amide bonds. The van der Waals surface area contributed by atoms with E-state index in [9.17, 15) is 9.59 Å². The van der Waals surface area contributed by atoms with E-state index in [1.807, 2.05) is 6.07 Å². The SMILES string of the molecule is O=C(NCCN1CCNCC1)C(=O)NCc1ccc2c(c1)OCO2. The summed E-state index contributed by atoms with van der Waals surface area (Å²) >= 11 is 0. The highest BCUT2D eigenvalue weighted by atomic mass is 16.7. The van der Waals surface area contributed by atoms with Crippen molar-refractivity contribution in [2.45, 2.75) is 6.54 Å². The smallest absolute Gasteiger partial charge is 0.309 e. The van der Waals surface area contributed by atoms with Crippen molar-refractivity contribution in [3.8, 4) is 11.5 Å². The number of fused-ring (bicyclic) bond motifs is 1. The summed E-state index contributed by atoms with van der Waals surface area (Å²) in [7, 11) is 0. The van der Waals surface area contributed by atoms with E-state index in [1.54, 1.807) is 12.1 Å². The van der Waals surface area contributed by atoms with Crippen molar-refractivity contribution in [3.05, 3.63) is 23.8 Å². The van der Waals surface area contributed by atoms with Gasteiger partial charge in [0.25, 0.3) is 0 Å². The van der Waals surface area contributed by atoms with Gasteiger partial charge in [-0.15, -0.1) is 0 Å². The third-order valence-corrected chi connectivity index (χ3v) is 4.02. The van der Waals surface area contributed by atoms with Crippen LogP contribution >= 0.6 is 0 Å². The molecule has 0 radical (unpaired) electrons. The van der Waals surface area contributed by atoms with E-state index in [4.69, 9.17) is 9.47 Å². The maximum Gasteiger partial charge on any atom is 0.309 e. The molecule has 0 unspecified atom stereocenters. The van der Waals surface area contributed by atoms with Gasteiger partial charge in [-0.2, -0.15) is 0 Å². The van der Waals surface area contributed by atoms with Crippen LogP contribution in [0.1, 0.15) is 5.56 Å². The minimum Gasteiger partial charge on any atom is -0.454 e. The first-order chi connectivity index (χ1) is 11.7. The molecule has 2 aliphatic rings. The molecular formula is C16H22N4O4. The van der Waals surface area contributed by atoms with Gasteiger partial charge in [0, 0.05) is 45.8 Å². The molecule has 0 saturated carbocycles. The van der Waals surface area contributed by atoms with Gasteiger partial charge in [0.15, 0.2) is 11.5 Å². The third kappa shape index (κ3) is 4.36. The van der Waals surface area contributed by atoms with Gasteiger partial charge in [0.2, 0.25) is 6.79 Å². The number of hydrogen-bond acceptors (Lipinski definition) is 6. The van der Waals surface area contributed by atoms with Crippen molar-refractivity contribution in [1.82, 2.24) is 20.9 Å². The largest absolute Gasteiger partial charge is 0.454 e. The second-order valence-corrected chi connectivity index (χ2v) is 5.72. The lowest BCUT2D eigenvalue weighted by Crippen LogP contribution is -2.47. The second-order valence-electron chi connectivity index (χ2n) is 5.72. The maximum absolute atomic E-state index is 11.8. The molecule has 1 aromatic rings. The fourth-order valence-electron chi connectivity index (χ4n) is 2.66. The van der Waals surface area contributed by atoms with Crippen molar-refractivity contribution in [1.29, 1.82) is 0 Å². The maximum atomic E-state index is 11.8. The summed E-state index contributed by atoms with van der Waals surface area (Å²) in [6.07, 6.45) is 0. The molecule has 8 nitrogen and oxygen atoms in total.